The van der Waals surface area contributed by atoms with Crippen molar-refractivity contribution in [1.29, 1.82) is 0 Å². The summed E-state index contributed by atoms with van der Waals surface area (Å²) in [4.78, 5) is 24.6. The molecule has 1 aliphatic carbocycles. The molecule has 1 heterocycles. The van der Waals surface area contributed by atoms with E-state index in [-0.39, 0.29) is 23.1 Å². The zero-order valence-electron chi connectivity index (χ0n) is 13.3. The lowest BCUT2D eigenvalue weighted by Crippen LogP contribution is -2.41. The molecule has 0 aromatic heterocycles. The van der Waals surface area contributed by atoms with Gasteiger partial charge in [-0.05, 0) is 12.0 Å². The highest BCUT2D eigenvalue weighted by molar-refractivity contribution is 5.87. The first kappa shape index (κ1) is 15.2. The van der Waals surface area contributed by atoms with Crippen LogP contribution < -0.4 is 0 Å². The van der Waals surface area contributed by atoms with Crippen molar-refractivity contribution in [3.05, 3.63) is 35.9 Å². The van der Waals surface area contributed by atoms with Gasteiger partial charge in [-0.2, -0.15) is 0 Å². The van der Waals surface area contributed by atoms with Gasteiger partial charge in [0.15, 0.2) is 5.60 Å². The summed E-state index contributed by atoms with van der Waals surface area (Å²) in [5, 5.41) is 0. The van der Waals surface area contributed by atoms with Crippen LogP contribution in [-0.4, -0.2) is 18.0 Å². The summed E-state index contributed by atoms with van der Waals surface area (Å²) in [5.74, 6) is -0.323. The second-order valence-corrected chi connectivity index (χ2v) is 7.30. The smallest absolute Gasteiger partial charge is 0.345 e. The molecule has 2 fully saturated rings. The predicted molar refractivity (Wildman–Crippen MR) is 80.9 cm³/mol. The number of Topliss-reactive ketones (excluding diaryl/α,β-unsaturated/α-hetero) is 1. The van der Waals surface area contributed by atoms with Gasteiger partial charge in [0.2, 0.25) is 6.29 Å². The van der Waals surface area contributed by atoms with Crippen molar-refractivity contribution in [2.24, 2.45) is 11.3 Å². The normalized spacial score (nSPS) is 32.3. The summed E-state index contributed by atoms with van der Waals surface area (Å²) in [5.41, 5.74) is -0.674. The van der Waals surface area contributed by atoms with E-state index in [4.69, 9.17) is 9.47 Å². The van der Waals surface area contributed by atoms with Crippen LogP contribution in [0.2, 0.25) is 0 Å². The van der Waals surface area contributed by atoms with E-state index >= 15 is 0 Å². The number of ether oxygens (including phenoxy) is 2. The number of ketones is 1. The number of carbonyl (C=O) groups is 2. The zero-order chi connectivity index (χ0) is 16.0. The van der Waals surface area contributed by atoms with Gasteiger partial charge in [-0.25, -0.2) is 4.79 Å². The van der Waals surface area contributed by atoms with Gasteiger partial charge in [0, 0.05) is 24.2 Å². The van der Waals surface area contributed by atoms with E-state index in [1.807, 2.05) is 51.1 Å². The SMILES string of the molecule is CC(C)(C)[C@H]1OC(=O)[C@](c2ccccc2)([C@H]2CCC(=O)C2)O1. The first-order valence-electron chi connectivity index (χ1n) is 7.80. The van der Waals surface area contributed by atoms with Crippen LogP contribution in [-0.2, 0) is 24.7 Å². The van der Waals surface area contributed by atoms with Gasteiger partial charge < -0.3 is 9.47 Å². The second kappa shape index (κ2) is 5.20. The second-order valence-electron chi connectivity index (χ2n) is 7.30. The summed E-state index contributed by atoms with van der Waals surface area (Å²) in [6.07, 6.45) is 0.951. The maximum Gasteiger partial charge on any atom is 0.345 e. The maximum absolute atomic E-state index is 12.8. The Bertz CT molecular complexity index is 587. The molecule has 4 nitrogen and oxygen atoms in total. The topological polar surface area (TPSA) is 52.6 Å². The van der Waals surface area contributed by atoms with Crippen LogP contribution in [0.5, 0.6) is 0 Å². The number of carbonyl (C=O) groups excluding carboxylic acids is 2. The van der Waals surface area contributed by atoms with E-state index in [9.17, 15) is 9.59 Å². The first-order chi connectivity index (χ1) is 10.3. The Morgan fingerprint density at radius 2 is 1.82 bits per heavy atom. The van der Waals surface area contributed by atoms with Crippen LogP contribution in [0.1, 0.15) is 45.6 Å². The Labute approximate surface area is 130 Å². The van der Waals surface area contributed by atoms with Crippen molar-refractivity contribution >= 4 is 11.8 Å². The third-order valence-corrected chi connectivity index (χ3v) is 4.54. The molecule has 0 unspecified atom stereocenters. The summed E-state index contributed by atoms with van der Waals surface area (Å²) < 4.78 is 11.8. The molecule has 0 amide bonds. The van der Waals surface area contributed by atoms with Gasteiger partial charge >= 0.3 is 5.97 Å². The van der Waals surface area contributed by atoms with E-state index in [2.05, 4.69) is 0 Å². The average molecular weight is 302 g/mol. The fraction of sp³-hybridized carbons (Fsp3) is 0.556. The average Bonchev–Trinajstić information content (AvgIpc) is 3.04. The molecule has 0 radical (unpaired) electrons. The first-order valence-corrected chi connectivity index (χ1v) is 7.80. The number of benzene rings is 1. The minimum absolute atomic E-state index is 0.151. The molecule has 1 saturated heterocycles. The summed E-state index contributed by atoms with van der Waals surface area (Å²) in [6, 6.07) is 9.44. The molecule has 2 aliphatic rings. The fourth-order valence-electron chi connectivity index (χ4n) is 3.31. The largest absolute Gasteiger partial charge is 0.433 e. The fourth-order valence-corrected chi connectivity index (χ4v) is 3.31. The monoisotopic (exact) mass is 302 g/mol. The predicted octanol–water partition coefficient (Wildman–Crippen LogP) is 3.20. The third-order valence-electron chi connectivity index (χ3n) is 4.54. The molecular formula is C18H22O4. The number of esters is 1. The van der Waals surface area contributed by atoms with Gasteiger partial charge in [0.25, 0.3) is 0 Å². The molecule has 1 saturated carbocycles. The standard InChI is InChI=1S/C18H22O4/c1-17(2,3)16-21-15(20)18(22-16,12-7-5-4-6-8-12)13-9-10-14(19)11-13/h4-8,13,16H,9-11H2,1-3H3/t13-,16-,18-/m0/s1. The van der Waals surface area contributed by atoms with Gasteiger partial charge in [0.05, 0.1) is 0 Å². The molecular weight excluding hydrogens is 280 g/mol. The Morgan fingerprint density at radius 1 is 1.14 bits per heavy atom. The Kier molecular flexibility index (Phi) is 3.60. The molecule has 0 N–H and O–H groups in total. The molecule has 4 heteroatoms. The minimum Gasteiger partial charge on any atom is -0.433 e. The molecule has 3 atom stereocenters. The number of hydrogen-bond donors (Lipinski definition) is 0. The van der Waals surface area contributed by atoms with E-state index in [0.29, 0.717) is 19.3 Å². The third kappa shape index (κ3) is 2.35. The highest BCUT2D eigenvalue weighted by atomic mass is 16.8. The van der Waals surface area contributed by atoms with Crippen molar-refractivity contribution in [3.8, 4) is 0 Å². The maximum atomic E-state index is 12.8. The quantitative estimate of drug-likeness (QED) is 0.787. The van der Waals surface area contributed by atoms with Crippen molar-refractivity contribution in [2.45, 2.75) is 51.9 Å². The van der Waals surface area contributed by atoms with E-state index in [0.717, 1.165) is 5.56 Å². The molecule has 22 heavy (non-hydrogen) atoms. The molecule has 118 valence electrons. The summed E-state index contributed by atoms with van der Waals surface area (Å²) in [7, 11) is 0. The van der Waals surface area contributed by atoms with Crippen LogP contribution >= 0.6 is 0 Å². The van der Waals surface area contributed by atoms with Crippen LogP contribution in [0.4, 0.5) is 0 Å². The summed E-state index contributed by atoms with van der Waals surface area (Å²) in [6.45, 7) is 5.93. The van der Waals surface area contributed by atoms with Crippen LogP contribution in [0.25, 0.3) is 0 Å². The lowest BCUT2D eigenvalue weighted by Gasteiger charge is -2.32. The van der Waals surface area contributed by atoms with Gasteiger partial charge in [-0.15, -0.1) is 0 Å². The molecule has 0 spiro atoms. The molecule has 3 rings (SSSR count). The Hall–Kier alpha value is -1.68. The van der Waals surface area contributed by atoms with Crippen molar-refractivity contribution in [1.82, 2.24) is 0 Å². The highest BCUT2D eigenvalue weighted by Crippen LogP contribution is 2.49. The Balaban J connectivity index is 2.05. The summed E-state index contributed by atoms with van der Waals surface area (Å²) >= 11 is 0. The van der Waals surface area contributed by atoms with Crippen molar-refractivity contribution < 1.29 is 19.1 Å². The minimum atomic E-state index is -1.15. The van der Waals surface area contributed by atoms with Crippen LogP contribution in [0.15, 0.2) is 30.3 Å². The van der Waals surface area contributed by atoms with Gasteiger partial charge in [0.1, 0.15) is 5.78 Å². The highest BCUT2D eigenvalue weighted by Gasteiger charge is 2.59. The number of cyclic esters (lactones) is 1. The van der Waals surface area contributed by atoms with Crippen LogP contribution in [0.3, 0.4) is 0 Å². The molecule has 1 aliphatic heterocycles. The number of hydrogen-bond acceptors (Lipinski definition) is 4. The van der Waals surface area contributed by atoms with Crippen molar-refractivity contribution in [2.75, 3.05) is 0 Å². The number of rotatable bonds is 2. The van der Waals surface area contributed by atoms with E-state index in [1.54, 1.807) is 0 Å². The lowest BCUT2D eigenvalue weighted by atomic mass is 9.80. The molecule has 1 aromatic carbocycles. The molecule has 0 bridgehead atoms. The Morgan fingerprint density at radius 3 is 2.32 bits per heavy atom. The molecule has 1 aromatic rings. The lowest BCUT2D eigenvalue weighted by molar-refractivity contribution is -0.162. The van der Waals surface area contributed by atoms with Crippen molar-refractivity contribution in [3.63, 3.8) is 0 Å². The van der Waals surface area contributed by atoms with Gasteiger partial charge in [-0.3, -0.25) is 4.79 Å². The van der Waals surface area contributed by atoms with Crippen LogP contribution in [0, 0.1) is 11.3 Å². The van der Waals surface area contributed by atoms with E-state index in [1.165, 1.54) is 0 Å². The van der Waals surface area contributed by atoms with Gasteiger partial charge in [-0.1, -0.05) is 51.1 Å². The zero-order valence-corrected chi connectivity index (χ0v) is 13.3. The van der Waals surface area contributed by atoms with E-state index < -0.39 is 11.9 Å².